The van der Waals surface area contributed by atoms with Crippen LogP contribution in [-0.4, -0.2) is 49.0 Å². The zero-order chi connectivity index (χ0) is 15.1. The zero-order valence-electron chi connectivity index (χ0n) is 13.1. The second-order valence-corrected chi connectivity index (χ2v) is 6.04. The molecule has 0 amide bonds. The number of ether oxygens (including phenoxy) is 2. The van der Waals surface area contributed by atoms with Crippen molar-refractivity contribution in [2.45, 2.75) is 32.9 Å². The molecule has 2 rings (SSSR count). The number of hydrogen-bond acceptors (Lipinski definition) is 4. The van der Waals surface area contributed by atoms with Crippen LogP contribution in [0, 0.1) is 5.92 Å². The Bertz CT molecular complexity index is 405. The van der Waals surface area contributed by atoms with Gasteiger partial charge in [0.2, 0.25) is 0 Å². The Labute approximate surface area is 127 Å². The van der Waals surface area contributed by atoms with Crippen molar-refractivity contribution in [2.24, 2.45) is 5.92 Å². The van der Waals surface area contributed by atoms with Crippen molar-refractivity contribution in [3.63, 3.8) is 0 Å². The Morgan fingerprint density at radius 1 is 1.33 bits per heavy atom. The fourth-order valence-electron chi connectivity index (χ4n) is 2.75. The monoisotopic (exact) mass is 293 g/mol. The highest BCUT2D eigenvalue weighted by atomic mass is 16.5. The van der Waals surface area contributed by atoms with Crippen molar-refractivity contribution in [1.29, 1.82) is 0 Å². The molecule has 118 valence electrons. The maximum atomic E-state index is 8.76. The normalized spacial score (nSPS) is 19.9. The van der Waals surface area contributed by atoms with Crippen LogP contribution in [0.25, 0.3) is 0 Å². The molecule has 0 aromatic heterocycles. The first-order chi connectivity index (χ1) is 10.2. The Morgan fingerprint density at radius 3 is 2.76 bits per heavy atom. The first kappa shape index (κ1) is 16.3. The van der Waals surface area contributed by atoms with Gasteiger partial charge in [-0.3, -0.25) is 4.90 Å². The lowest BCUT2D eigenvalue weighted by Crippen LogP contribution is -2.45. The van der Waals surface area contributed by atoms with Gasteiger partial charge in [-0.2, -0.15) is 0 Å². The van der Waals surface area contributed by atoms with E-state index in [0.717, 1.165) is 32.1 Å². The minimum Gasteiger partial charge on any atom is -0.491 e. The quantitative estimate of drug-likeness (QED) is 0.837. The third-order valence-corrected chi connectivity index (χ3v) is 3.76. The largest absolute Gasteiger partial charge is 0.491 e. The van der Waals surface area contributed by atoms with Crippen LogP contribution in [-0.2, 0) is 11.3 Å². The molecule has 1 aliphatic heterocycles. The smallest absolute Gasteiger partial charge is 0.119 e. The van der Waals surface area contributed by atoms with Crippen molar-refractivity contribution >= 4 is 0 Å². The summed E-state index contributed by atoms with van der Waals surface area (Å²) in [5.74, 6) is 1.50. The lowest BCUT2D eigenvalue weighted by Gasteiger charge is -2.36. The number of rotatable bonds is 7. The number of morpholine rings is 1. The molecular formula is C17H27NO3. The van der Waals surface area contributed by atoms with Crippen LogP contribution in [0.3, 0.4) is 0 Å². The second-order valence-electron chi connectivity index (χ2n) is 6.04. The number of nitrogens with zero attached hydrogens (tertiary/aromatic N) is 1. The van der Waals surface area contributed by atoms with Gasteiger partial charge in [-0.25, -0.2) is 0 Å². The van der Waals surface area contributed by atoms with Gasteiger partial charge in [0.05, 0.1) is 19.8 Å². The fourth-order valence-corrected chi connectivity index (χ4v) is 2.75. The van der Waals surface area contributed by atoms with Crippen LogP contribution >= 0.6 is 0 Å². The average Bonchev–Trinajstić information content (AvgIpc) is 2.48. The number of hydrogen-bond donors (Lipinski definition) is 1. The molecule has 0 saturated carbocycles. The summed E-state index contributed by atoms with van der Waals surface area (Å²) in [6, 6.07) is 8.68. The van der Waals surface area contributed by atoms with Crippen molar-refractivity contribution in [3.8, 4) is 5.75 Å². The first-order valence-electron chi connectivity index (χ1n) is 7.83. The summed E-state index contributed by atoms with van der Waals surface area (Å²) in [7, 11) is 0. The van der Waals surface area contributed by atoms with E-state index in [0.29, 0.717) is 18.6 Å². The van der Waals surface area contributed by atoms with E-state index in [9.17, 15) is 0 Å². The van der Waals surface area contributed by atoms with E-state index in [1.54, 1.807) is 0 Å². The van der Waals surface area contributed by atoms with Gasteiger partial charge in [-0.1, -0.05) is 26.0 Å². The van der Waals surface area contributed by atoms with Gasteiger partial charge in [-0.05, 0) is 30.0 Å². The van der Waals surface area contributed by atoms with Crippen LogP contribution in [0.5, 0.6) is 5.75 Å². The molecule has 1 N–H and O–H groups in total. The van der Waals surface area contributed by atoms with Gasteiger partial charge in [0.15, 0.2) is 0 Å². The van der Waals surface area contributed by atoms with Gasteiger partial charge in [-0.15, -0.1) is 0 Å². The molecule has 1 fully saturated rings. The van der Waals surface area contributed by atoms with Crippen molar-refractivity contribution in [1.82, 2.24) is 4.90 Å². The van der Waals surface area contributed by atoms with Crippen LogP contribution in [0.2, 0.25) is 0 Å². The Kier molecular flexibility index (Phi) is 6.49. The van der Waals surface area contributed by atoms with Crippen LogP contribution in [0.4, 0.5) is 0 Å². The van der Waals surface area contributed by atoms with Gasteiger partial charge in [0.1, 0.15) is 12.4 Å². The van der Waals surface area contributed by atoms with E-state index in [1.807, 2.05) is 12.1 Å². The summed E-state index contributed by atoms with van der Waals surface area (Å²) in [5, 5.41) is 8.76. The number of aliphatic hydroxyl groups excluding tert-OH is 1. The van der Waals surface area contributed by atoms with Crippen LogP contribution < -0.4 is 4.74 Å². The SMILES string of the molecule is CC(C)C[C@H]1COCCN1Cc1ccc(OCCO)cc1. The summed E-state index contributed by atoms with van der Waals surface area (Å²) in [6.45, 7) is 8.55. The molecule has 1 aromatic rings. The highest BCUT2D eigenvalue weighted by Gasteiger charge is 2.23. The standard InChI is InChI=1S/C17H27NO3/c1-14(2)11-16-13-20-9-7-18(16)12-15-3-5-17(6-4-15)21-10-8-19/h3-6,14,16,19H,7-13H2,1-2H3/t16-/m0/s1. The maximum absolute atomic E-state index is 8.76. The van der Waals surface area contributed by atoms with Crippen molar-refractivity contribution in [3.05, 3.63) is 29.8 Å². The summed E-state index contributed by atoms with van der Waals surface area (Å²) < 4.78 is 11.0. The van der Waals surface area contributed by atoms with E-state index >= 15 is 0 Å². The molecule has 1 saturated heterocycles. The second kappa shape index (κ2) is 8.37. The van der Waals surface area contributed by atoms with Gasteiger partial charge < -0.3 is 14.6 Å². The predicted molar refractivity (Wildman–Crippen MR) is 83.5 cm³/mol. The molecule has 0 radical (unpaired) electrons. The molecule has 0 unspecified atom stereocenters. The third-order valence-electron chi connectivity index (χ3n) is 3.76. The molecule has 0 spiro atoms. The van der Waals surface area contributed by atoms with Gasteiger partial charge in [0.25, 0.3) is 0 Å². The van der Waals surface area contributed by atoms with Gasteiger partial charge in [0, 0.05) is 19.1 Å². The Morgan fingerprint density at radius 2 is 2.10 bits per heavy atom. The minimum absolute atomic E-state index is 0.0480. The third kappa shape index (κ3) is 5.30. The van der Waals surface area contributed by atoms with E-state index in [4.69, 9.17) is 14.6 Å². The van der Waals surface area contributed by atoms with E-state index in [-0.39, 0.29) is 6.61 Å². The number of aliphatic hydroxyl groups is 1. The Balaban J connectivity index is 1.92. The average molecular weight is 293 g/mol. The molecule has 4 heteroatoms. The predicted octanol–water partition coefficient (Wildman–Crippen LogP) is 2.30. The summed E-state index contributed by atoms with van der Waals surface area (Å²) >= 11 is 0. The maximum Gasteiger partial charge on any atom is 0.119 e. The molecule has 1 heterocycles. The summed E-state index contributed by atoms with van der Waals surface area (Å²) in [5.41, 5.74) is 1.29. The summed E-state index contributed by atoms with van der Waals surface area (Å²) in [4.78, 5) is 2.52. The Hall–Kier alpha value is -1.10. The first-order valence-corrected chi connectivity index (χ1v) is 7.83. The molecule has 0 aliphatic carbocycles. The fraction of sp³-hybridized carbons (Fsp3) is 0.647. The molecule has 1 aromatic carbocycles. The number of benzene rings is 1. The van der Waals surface area contributed by atoms with E-state index < -0.39 is 0 Å². The lowest BCUT2D eigenvalue weighted by atomic mass is 10.0. The highest BCUT2D eigenvalue weighted by Crippen LogP contribution is 2.20. The molecule has 4 nitrogen and oxygen atoms in total. The highest BCUT2D eigenvalue weighted by molar-refractivity contribution is 5.27. The zero-order valence-corrected chi connectivity index (χ0v) is 13.1. The molecule has 1 aliphatic rings. The lowest BCUT2D eigenvalue weighted by molar-refractivity contribution is -0.0186. The van der Waals surface area contributed by atoms with Gasteiger partial charge >= 0.3 is 0 Å². The molecule has 21 heavy (non-hydrogen) atoms. The molecule has 1 atom stereocenters. The van der Waals surface area contributed by atoms with Crippen molar-refractivity contribution in [2.75, 3.05) is 33.0 Å². The topological polar surface area (TPSA) is 41.9 Å². The van der Waals surface area contributed by atoms with Crippen LogP contribution in [0.1, 0.15) is 25.8 Å². The van der Waals surface area contributed by atoms with E-state index in [1.165, 1.54) is 12.0 Å². The summed E-state index contributed by atoms with van der Waals surface area (Å²) in [6.07, 6.45) is 1.18. The van der Waals surface area contributed by atoms with E-state index in [2.05, 4.69) is 30.9 Å². The molecule has 0 bridgehead atoms. The van der Waals surface area contributed by atoms with Crippen LogP contribution in [0.15, 0.2) is 24.3 Å². The molecular weight excluding hydrogens is 266 g/mol. The minimum atomic E-state index is 0.0480. The van der Waals surface area contributed by atoms with Crippen molar-refractivity contribution < 1.29 is 14.6 Å².